The van der Waals surface area contributed by atoms with Crippen molar-refractivity contribution in [3.05, 3.63) is 22.8 Å². The average Bonchev–Trinajstić information content (AvgIpc) is 2.72. The molecule has 0 saturated carbocycles. The van der Waals surface area contributed by atoms with E-state index < -0.39 is 0 Å². The van der Waals surface area contributed by atoms with Gasteiger partial charge in [-0.05, 0) is 38.6 Å². The fraction of sp³-hybridized carbons (Fsp3) is 0.538. The van der Waals surface area contributed by atoms with Crippen LogP contribution in [-0.2, 0) is 0 Å². The lowest BCUT2D eigenvalue weighted by Gasteiger charge is -2.26. The zero-order chi connectivity index (χ0) is 14.0. The highest BCUT2D eigenvalue weighted by Crippen LogP contribution is 2.18. The smallest absolute Gasteiger partial charge is 0.253 e. The van der Waals surface area contributed by atoms with Gasteiger partial charge in [0, 0.05) is 25.2 Å². The largest absolute Gasteiger partial charge is 0.384 e. The van der Waals surface area contributed by atoms with Crippen LogP contribution < -0.4 is 5.73 Å². The van der Waals surface area contributed by atoms with E-state index in [1.54, 1.807) is 24.1 Å². The van der Waals surface area contributed by atoms with Crippen molar-refractivity contribution >= 4 is 23.3 Å². The van der Waals surface area contributed by atoms with Crippen LogP contribution >= 0.6 is 11.6 Å². The van der Waals surface area contributed by atoms with Crippen LogP contribution in [0.15, 0.2) is 12.1 Å². The Bertz CT molecular complexity index is 459. The molecule has 2 rings (SSSR count). The van der Waals surface area contributed by atoms with Gasteiger partial charge in [0.25, 0.3) is 5.91 Å². The van der Waals surface area contributed by atoms with Gasteiger partial charge in [0.05, 0.1) is 0 Å². The monoisotopic (exact) mass is 282 g/mol. The third-order valence-corrected chi connectivity index (χ3v) is 3.76. The van der Waals surface area contributed by atoms with Gasteiger partial charge in [-0.15, -0.1) is 0 Å². The normalized spacial score (nSPS) is 19.6. The second-order valence-electron chi connectivity index (χ2n) is 5.07. The van der Waals surface area contributed by atoms with Crippen LogP contribution in [-0.4, -0.2) is 53.9 Å². The maximum absolute atomic E-state index is 12.3. The van der Waals surface area contributed by atoms with Crippen molar-refractivity contribution in [2.45, 2.75) is 18.9 Å². The van der Waals surface area contributed by atoms with E-state index in [1.807, 2.05) is 0 Å². The van der Waals surface area contributed by atoms with Crippen molar-refractivity contribution in [3.8, 4) is 0 Å². The molecule has 1 atom stereocenters. The van der Waals surface area contributed by atoms with Crippen molar-refractivity contribution in [1.29, 1.82) is 0 Å². The van der Waals surface area contributed by atoms with Crippen LogP contribution in [0.1, 0.15) is 23.2 Å². The van der Waals surface area contributed by atoms with Gasteiger partial charge in [-0.25, -0.2) is 4.98 Å². The molecule has 104 valence electrons. The van der Waals surface area contributed by atoms with Gasteiger partial charge in [0.2, 0.25) is 0 Å². The molecule has 1 aliphatic rings. The molecule has 0 aliphatic carbocycles. The molecule has 19 heavy (non-hydrogen) atoms. The van der Waals surface area contributed by atoms with Gasteiger partial charge < -0.3 is 15.5 Å². The average molecular weight is 283 g/mol. The molecule has 1 aromatic rings. The maximum atomic E-state index is 12.3. The second kappa shape index (κ2) is 5.75. The molecule has 1 aliphatic heterocycles. The van der Waals surface area contributed by atoms with Crippen LogP contribution in [0.4, 0.5) is 5.82 Å². The molecular weight excluding hydrogens is 264 g/mol. The number of anilines is 1. The predicted octanol–water partition coefficient (Wildman–Crippen LogP) is 1.48. The van der Waals surface area contributed by atoms with Crippen molar-refractivity contribution in [1.82, 2.24) is 14.8 Å². The van der Waals surface area contributed by atoms with Crippen LogP contribution in [0.25, 0.3) is 0 Å². The Hall–Kier alpha value is -1.33. The molecule has 2 heterocycles. The summed E-state index contributed by atoms with van der Waals surface area (Å²) in [4.78, 5) is 20.2. The predicted molar refractivity (Wildman–Crippen MR) is 76.3 cm³/mol. The molecule has 0 aromatic carbocycles. The Morgan fingerprint density at radius 1 is 1.63 bits per heavy atom. The Morgan fingerprint density at radius 2 is 2.37 bits per heavy atom. The summed E-state index contributed by atoms with van der Waals surface area (Å²) in [5.41, 5.74) is 6.10. The lowest BCUT2D eigenvalue weighted by molar-refractivity contribution is 0.0761. The number of carbonyl (C=O) groups is 1. The number of halogens is 1. The summed E-state index contributed by atoms with van der Waals surface area (Å²) in [6.07, 6.45) is 2.32. The number of likely N-dealkylation sites (N-methyl/N-ethyl adjacent to an activating group) is 2. The molecule has 1 unspecified atom stereocenters. The lowest BCUT2D eigenvalue weighted by Crippen LogP contribution is -2.39. The topological polar surface area (TPSA) is 62.5 Å². The molecule has 1 amide bonds. The Labute approximate surface area is 118 Å². The fourth-order valence-electron chi connectivity index (χ4n) is 2.47. The van der Waals surface area contributed by atoms with E-state index in [-0.39, 0.29) is 16.9 Å². The number of hydrogen-bond donors (Lipinski definition) is 1. The van der Waals surface area contributed by atoms with Gasteiger partial charge in [-0.1, -0.05) is 11.6 Å². The number of aromatic nitrogens is 1. The number of amides is 1. The van der Waals surface area contributed by atoms with Gasteiger partial charge in [-0.2, -0.15) is 0 Å². The SMILES string of the molecule is CN(CC1CCCN1C)C(=O)c1cc(N)nc(Cl)c1. The van der Waals surface area contributed by atoms with E-state index in [0.717, 1.165) is 19.5 Å². The fourth-order valence-corrected chi connectivity index (χ4v) is 2.69. The second-order valence-corrected chi connectivity index (χ2v) is 5.45. The highest BCUT2D eigenvalue weighted by Gasteiger charge is 2.24. The number of hydrogen-bond acceptors (Lipinski definition) is 4. The maximum Gasteiger partial charge on any atom is 0.253 e. The summed E-state index contributed by atoms with van der Waals surface area (Å²) in [5.74, 6) is 0.193. The standard InChI is InChI=1S/C13H19ClN4O/c1-17-5-3-4-10(17)8-18(2)13(19)9-6-11(14)16-12(15)7-9/h6-7,10H,3-5,8H2,1-2H3,(H2,15,16). The zero-order valence-electron chi connectivity index (χ0n) is 11.3. The van der Waals surface area contributed by atoms with E-state index in [9.17, 15) is 4.79 Å². The Kier molecular flexibility index (Phi) is 4.27. The summed E-state index contributed by atoms with van der Waals surface area (Å²) in [5, 5.41) is 0.245. The molecule has 0 radical (unpaired) electrons. The lowest BCUT2D eigenvalue weighted by atomic mass is 10.2. The van der Waals surface area contributed by atoms with Gasteiger partial charge in [0.1, 0.15) is 11.0 Å². The molecule has 2 N–H and O–H groups in total. The number of nitrogens with two attached hydrogens (primary N) is 1. The van der Waals surface area contributed by atoms with Crippen LogP contribution in [0.2, 0.25) is 5.15 Å². The van der Waals surface area contributed by atoms with Gasteiger partial charge in [-0.3, -0.25) is 4.79 Å². The molecule has 1 saturated heterocycles. The highest BCUT2D eigenvalue weighted by atomic mass is 35.5. The third kappa shape index (κ3) is 3.36. The minimum Gasteiger partial charge on any atom is -0.384 e. The summed E-state index contributed by atoms with van der Waals surface area (Å²) in [6, 6.07) is 3.54. The van der Waals surface area contributed by atoms with Crippen LogP contribution in [0.5, 0.6) is 0 Å². The first-order valence-electron chi connectivity index (χ1n) is 6.36. The van der Waals surface area contributed by atoms with Crippen molar-refractivity contribution in [3.63, 3.8) is 0 Å². The number of nitrogen functional groups attached to an aromatic ring is 1. The summed E-state index contributed by atoms with van der Waals surface area (Å²) >= 11 is 5.82. The van der Waals surface area contributed by atoms with Crippen LogP contribution in [0.3, 0.4) is 0 Å². The number of nitrogens with zero attached hydrogens (tertiary/aromatic N) is 3. The number of likely N-dealkylation sites (tertiary alicyclic amines) is 1. The first-order chi connectivity index (χ1) is 8.97. The highest BCUT2D eigenvalue weighted by molar-refractivity contribution is 6.29. The van der Waals surface area contributed by atoms with E-state index in [2.05, 4.69) is 16.9 Å². The van der Waals surface area contributed by atoms with Crippen molar-refractivity contribution < 1.29 is 4.79 Å². The van der Waals surface area contributed by atoms with Gasteiger partial charge in [0.15, 0.2) is 0 Å². The Morgan fingerprint density at radius 3 is 2.95 bits per heavy atom. The molecule has 0 bridgehead atoms. The van der Waals surface area contributed by atoms with E-state index in [0.29, 0.717) is 11.6 Å². The molecule has 1 aromatic heterocycles. The Balaban J connectivity index is 2.06. The number of carbonyl (C=O) groups excluding carboxylic acids is 1. The zero-order valence-corrected chi connectivity index (χ0v) is 12.0. The molecule has 0 spiro atoms. The first kappa shape index (κ1) is 14.1. The number of pyridine rings is 1. The van der Waals surface area contributed by atoms with E-state index in [1.165, 1.54) is 6.42 Å². The van der Waals surface area contributed by atoms with Crippen molar-refractivity contribution in [2.75, 3.05) is 32.9 Å². The summed E-state index contributed by atoms with van der Waals surface area (Å²) < 4.78 is 0. The van der Waals surface area contributed by atoms with Gasteiger partial charge >= 0.3 is 0 Å². The van der Waals surface area contributed by atoms with Crippen LogP contribution in [0, 0.1) is 0 Å². The minimum absolute atomic E-state index is 0.0729. The minimum atomic E-state index is -0.0729. The van der Waals surface area contributed by atoms with Crippen molar-refractivity contribution in [2.24, 2.45) is 0 Å². The molecule has 6 heteroatoms. The summed E-state index contributed by atoms with van der Waals surface area (Å²) in [7, 11) is 3.90. The molecule has 5 nitrogen and oxygen atoms in total. The number of rotatable bonds is 3. The summed E-state index contributed by atoms with van der Waals surface area (Å²) in [6.45, 7) is 1.82. The quantitative estimate of drug-likeness (QED) is 0.853. The van der Waals surface area contributed by atoms with E-state index >= 15 is 0 Å². The molecular formula is C13H19ClN4O. The molecule has 1 fully saturated rings. The first-order valence-corrected chi connectivity index (χ1v) is 6.74. The van der Waals surface area contributed by atoms with E-state index in [4.69, 9.17) is 17.3 Å². The third-order valence-electron chi connectivity index (χ3n) is 3.56.